The van der Waals surface area contributed by atoms with Crippen LogP contribution in [0.5, 0.6) is 5.75 Å². The van der Waals surface area contributed by atoms with E-state index in [1.54, 1.807) is 7.11 Å². The Bertz CT molecular complexity index is 388. The van der Waals surface area contributed by atoms with E-state index in [1.165, 1.54) is 0 Å². The lowest BCUT2D eigenvalue weighted by Gasteiger charge is -2.12. The first-order valence-corrected chi connectivity index (χ1v) is 5.61. The maximum Gasteiger partial charge on any atom is 0.325 e. The molecule has 0 amide bonds. The van der Waals surface area contributed by atoms with Crippen molar-refractivity contribution in [3.8, 4) is 5.75 Å². The van der Waals surface area contributed by atoms with Crippen LogP contribution in [0, 0.1) is 6.92 Å². The van der Waals surface area contributed by atoms with E-state index in [1.807, 2.05) is 39.0 Å². The molecular weight excluding hydrogens is 218 g/mol. The van der Waals surface area contributed by atoms with E-state index in [0.29, 0.717) is 0 Å². The number of ether oxygens (including phenoxy) is 2. The van der Waals surface area contributed by atoms with Crippen LogP contribution in [0.4, 0.5) is 5.69 Å². The number of nitrogens with one attached hydrogen (secondary N) is 1. The maximum atomic E-state index is 11.4. The minimum Gasteiger partial charge on any atom is -0.497 e. The van der Waals surface area contributed by atoms with Gasteiger partial charge in [0.1, 0.15) is 12.3 Å². The molecule has 0 saturated carbocycles. The van der Waals surface area contributed by atoms with Gasteiger partial charge in [0, 0.05) is 5.69 Å². The first kappa shape index (κ1) is 13.4. The van der Waals surface area contributed by atoms with E-state index in [-0.39, 0.29) is 18.6 Å². The largest absolute Gasteiger partial charge is 0.497 e. The van der Waals surface area contributed by atoms with Gasteiger partial charge in [-0.1, -0.05) is 0 Å². The number of rotatable bonds is 5. The molecule has 0 heterocycles. The molecule has 1 N–H and O–H groups in total. The van der Waals surface area contributed by atoms with Crippen molar-refractivity contribution in [3.63, 3.8) is 0 Å². The number of aryl methyl sites for hydroxylation is 1. The van der Waals surface area contributed by atoms with Crippen molar-refractivity contribution in [1.82, 2.24) is 0 Å². The summed E-state index contributed by atoms with van der Waals surface area (Å²) in [5.74, 6) is 0.549. The summed E-state index contributed by atoms with van der Waals surface area (Å²) in [6.07, 6.45) is -0.0822. The average Bonchev–Trinajstić information content (AvgIpc) is 2.26. The highest BCUT2D eigenvalue weighted by Crippen LogP contribution is 2.20. The molecule has 0 aliphatic rings. The molecule has 0 aliphatic heterocycles. The highest BCUT2D eigenvalue weighted by molar-refractivity contribution is 5.75. The molecule has 0 bridgehead atoms. The highest BCUT2D eigenvalue weighted by atomic mass is 16.5. The van der Waals surface area contributed by atoms with E-state index >= 15 is 0 Å². The summed E-state index contributed by atoms with van der Waals surface area (Å²) < 4.78 is 10.1. The fraction of sp³-hybridized carbons (Fsp3) is 0.462. The number of carbonyl (C=O) groups excluding carboxylic acids is 1. The predicted octanol–water partition coefficient (Wildman–Crippen LogP) is 2.37. The Morgan fingerprint density at radius 3 is 2.65 bits per heavy atom. The molecule has 1 aromatic carbocycles. The normalized spacial score (nSPS) is 10.2. The van der Waals surface area contributed by atoms with Gasteiger partial charge < -0.3 is 14.8 Å². The Kier molecular flexibility index (Phi) is 4.82. The Hall–Kier alpha value is -1.71. The van der Waals surface area contributed by atoms with Gasteiger partial charge in [-0.05, 0) is 44.5 Å². The van der Waals surface area contributed by atoms with E-state index in [4.69, 9.17) is 9.47 Å². The molecule has 0 aromatic heterocycles. The second-order valence-corrected chi connectivity index (χ2v) is 4.07. The molecule has 0 aliphatic carbocycles. The predicted molar refractivity (Wildman–Crippen MR) is 67.4 cm³/mol. The van der Waals surface area contributed by atoms with Crippen LogP contribution in [0.15, 0.2) is 18.2 Å². The fourth-order valence-corrected chi connectivity index (χ4v) is 1.43. The van der Waals surface area contributed by atoms with Gasteiger partial charge in [-0.3, -0.25) is 4.79 Å². The zero-order valence-electron chi connectivity index (χ0n) is 10.7. The van der Waals surface area contributed by atoms with Crippen LogP contribution in [0.3, 0.4) is 0 Å². The molecule has 4 heteroatoms. The van der Waals surface area contributed by atoms with Crippen molar-refractivity contribution in [2.24, 2.45) is 0 Å². The lowest BCUT2D eigenvalue weighted by atomic mass is 10.2. The summed E-state index contributed by atoms with van der Waals surface area (Å²) in [7, 11) is 1.63. The van der Waals surface area contributed by atoms with Gasteiger partial charge in [0.2, 0.25) is 0 Å². The highest BCUT2D eigenvalue weighted by Gasteiger charge is 2.06. The second kappa shape index (κ2) is 6.13. The molecular formula is C13H19NO3. The summed E-state index contributed by atoms with van der Waals surface area (Å²) in [5, 5.41) is 3.04. The number of methoxy groups -OCH3 is 1. The zero-order valence-corrected chi connectivity index (χ0v) is 10.7. The fourth-order valence-electron chi connectivity index (χ4n) is 1.43. The molecule has 0 saturated heterocycles. The van der Waals surface area contributed by atoms with Crippen LogP contribution in [0.2, 0.25) is 0 Å². The van der Waals surface area contributed by atoms with E-state index in [0.717, 1.165) is 17.0 Å². The number of hydrogen-bond acceptors (Lipinski definition) is 4. The molecule has 0 spiro atoms. The van der Waals surface area contributed by atoms with Crippen molar-refractivity contribution in [3.05, 3.63) is 23.8 Å². The standard InChI is InChI=1S/C13H19NO3/c1-9(2)17-13(15)8-14-12-6-5-11(16-4)7-10(12)3/h5-7,9,14H,8H2,1-4H3. The molecule has 0 unspecified atom stereocenters. The molecule has 0 atom stereocenters. The summed E-state index contributed by atoms with van der Waals surface area (Å²) in [6, 6.07) is 5.65. The first-order chi connectivity index (χ1) is 8.02. The molecule has 1 rings (SSSR count). The number of anilines is 1. The minimum atomic E-state index is -0.254. The van der Waals surface area contributed by atoms with Crippen LogP contribution >= 0.6 is 0 Å². The molecule has 17 heavy (non-hydrogen) atoms. The van der Waals surface area contributed by atoms with Crippen LogP contribution in [-0.4, -0.2) is 25.7 Å². The number of hydrogen-bond donors (Lipinski definition) is 1. The lowest BCUT2D eigenvalue weighted by molar-refractivity contribution is -0.145. The van der Waals surface area contributed by atoms with Crippen LogP contribution in [0.25, 0.3) is 0 Å². The topological polar surface area (TPSA) is 47.6 Å². The molecule has 0 radical (unpaired) electrons. The van der Waals surface area contributed by atoms with Crippen molar-refractivity contribution >= 4 is 11.7 Å². The average molecular weight is 237 g/mol. The van der Waals surface area contributed by atoms with Gasteiger partial charge in [0.25, 0.3) is 0 Å². The molecule has 4 nitrogen and oxygen atoms in total. The lowest BCUT2D eigenvalue weighted by Crippen LogP contribution is -2.20. The Labute approximate surface area is 102 Å². The first-order valence-electron chi connectivity index (χ1n) is 5.61. The van der Waals surface area contributed by atoms with E-state index in [9.17, 15) is 4.79 Å². The second-order valence-electron chi connectivity index (χ2n) is 4.07. The van der Waals surface area contributed by atoms with E-state index in [2.05, 4.69) is 5.32 Å². The Morgan fingerprint density at radius 2 is 2.12 bits per heavy atom. The number of carbonyl (C=O) groups is 1. The molecule has 0 fully saturated rings. The Morgan fingerprint density at radius 1 is 1.41 bits per heavy atom. The number of benzene rings is 1. The SMILES string of the molecule is COc1ccc(NCC(=O)OC(C)C)c(C)c1. The zero-order chi connectivity index (χ0) is 12.8. The van der Waals surface area contributed by atoms with Crippen molar-refractivity contribution < 1.29 is 14.3 Å². The number of esters is 1. The third-order valence-corrected chi connectivity index (χ3v) is 2.22. The summed E-state index contributed by atoms with van der Waals surface area (Å²) >= 11 is 0. The third kappa shape index (κ3) is 4.34. The Balaban J connectivity index is 2.55. The summed E-state index contributed by atoms with van der Waals surface area (Å²) in [4.78, 5) is 11.4. The quantitative estimate of drug-likeness (QED) is 0.799. The minimum absolute atomic E-state index is 0.0822. The third-order valence-electron chi connectivity index (χ3n) is 2.22. The van der Waals surface area contributed by atoms with Gasteiger partial charge >= 0.3 is 5.97 Å². The van der Waals surface area contributed by atoms with Gasteiger partial charge in [0.15, 0.2) is 0 Å². The monoisotopic (exact) mass is 237 g/mol. The maximum absolute atomic E-state index is 11.4. The molecule has 1 aromatic rings. The van der Waals surface area contributed by atoms with Crippen molar-refractivity contribution in [2.75, 3.05) is 19.0 Å². The smallest absolute Gasteiger partial charge is 0.325 e. The van der Waals surface area contributed by atoms with Gasteiger partial charge in [-0.15, -0.1) is 0 Å². The van der Waals surface area contributed by atoms with Gasteiger partial charge in [-0.2, -0.15) is 0 Å². The van der Waals surface area contributed by atoms with Crippen LogP contribution < -0.4 is 10.1 Å². The van der Waals surface area contributed by atoms with E-state index < -0.39 is 0 Å². The van der Waals surface area contributed by atoms with Crippen molar-refractivity contribution in [1.29, 1.82) is 0 Å². The van der Waals surface area contributed by atoms with Gasteiger partial charge in [-0.25, -0.2) is 0 Å². The summed E-state index contributed by atoms with van der Waals surface area (Å²) in [5.41, 5.74) is 1.94. The van der Waals surface area contributed by atoms with Crippen LogP contribution in [-0.2, 0) is 9.53 Å². The van der Waals surface area contributed by atoms with Crippen molar-refractivity contribution in [2.45, 2.75) is 26.9 Å². The van der Waals surface area contributed by atoms with Crippen LogP contribution in [0.1, 0.15) is 19.4 Å². The molecule has 94 valence electrons. The summed E-state index contributed by atoms with van der Waals surface area (Å²) in [6.45, 7) is 5.79. The van der Waals surface area contributed by atoms with Gasteiger partial charge in [0.05, 0.1) is 13.2 Å².